The van der Waals surface area contributed by atoms with E-state index in [1.165, 1.54) is 5.56 Å². The number of guanidine groups is 1. The number of nitrogens with one attached hydrogen (secondary N) is 1. The van der Waals surface area contributed by atoms with Gasteiger partial charge in [0.2, 0.25) is 5.96 Å². The van der Waals surface area contributed by atoms with Crippen LogP contribution in [0.3, 0.4) is 0 Å². The van der Waals surface area contributed by atoms with Crippen LogP contribution in [0, 0.1) is 6.92 Å². The van der Waals surface area contributed by atoms with Gasteiger partial charge in [-0.25, -0.2) is 0 Å². The van der Waals surface area contributed by atoms with Crippen molar-refractivity contribution in [3.63, 3.8) is 0 Å². The molecule has 3 rings (SSSR count). The van der Waals surface area contributed by atoms with E-state index in [4.69, 9.17) is 0 Å². The summed E-state index contributed by atoms with van der Waals surface area (Å²) in [5, 5.41) is 2.97. The van der Waals surface area contributed by atoms with Crippen LogP contribution in [0.5, 0.6) is 0 Å². The van der Waals surface area contributed by atoms with Crippen LogP contribution >= 0.6 is 0 Å². The highest BCUT2D eigenvalue weighted by molar-refractivity contribution is 6.11. The molecule has 1 N–H and O–H groups in total. The van der Waals surface area contributed by atoms with Crippen LogP contribution in [0.25, 0.3) is 0 Å². The lowest BCUT2D eigenvalue weighted by Crippen LogP contribution is -2.47. The highest BCUT2D eigenvalue weighted by Crippen LogP contribution is 2.18. The Labute approximate surface area is 143 Å². The topological polar surface area (TPSA) is 44.7 Å². The number of carbonyl (C=O) groups is 1. The Hall–Kier alpha value is -2.62. The fourth-order valence-corrected chi connectivity index (χ4v) is 2.75. The first-order chi connectivity index (χ1) is 11.7. The number of hydrogen-bond donors (Lipinski definition) is 1. The zero-order valence-electron chi connectivity index (χ0n) is 14.2. The van der Waals surface area contributed by atoms with Crippen LogP contribution in [0.1, 0.15) is 34.8 Å². The molecule has 124 valence electrons. The Balaban J connectivity index is 1.78. The summed E-state index contributed by atoms with van der Waals surface area (Å²) in [5.74, 6) is 0.516. The number of benzene rings is 2. The quantitative estimate of drug-likeness (QED) is 0.939. The second-order valence-electron chi connectivity index (χ2n) is 6.05. The van der Waals surface area contributed by atoms with Crippen molar-refractivity contribution in [2.24, 2.45) is 4.99 Å². The van der Waals surface area contributed by atoms with Crippen molar-refractivity contribution in [1.29, 1.82) is 0 Å². The van der Waals surface area contributed by atoms with Crippen molar-refractivity contribution in [2.45, 2.75) is 26.7 Å². The minimum absolute atomic E-state index is 0.120. The highest BCUT2D eigenvalue weighted by Gasteiger charge is 2.19. The van der Waals surface area contributed by atoms with Crippen LogP contribution in [0.2, 0.25) is 0 Å². The van der Waals surface area contributed by atoms with Crippen LogP contribution in [-0.2, 0) is 6.42 Å². The van der Waals surface area contributed by atoms with Gasteiger partial charge in [0, 0.05) is 24.3 Å². The van der Waals surface area contributed by atoms with Crippen molar-refractivity contribution in [3.8, 4) is 0 Å². The molecule has 0 atom stereocenters. The molecule has 1 amide bonds. The van der Waals surface area contributed by atoms with E-state index in [-0.39, 0.29) is 5.91 Å². The van der Waals surface area contributed by atoms with Gasteiger partial charge in [0.25, 0.3) is 5.91 Å². The molecular weight excluding hydrogens is 298 g/mol. The van der Waals surface area contributed by atoms with Crippen molar-refractivity contribution in [1.82, 2.24) is 5.32 Å². The largest absolute Gasteiger partial charge is 0.312 e. The van der Waals surface area contributed by atoms with Crippen LogP contribution in [0.4, 0.5) is 5.69 Å². The van der Waals surface area contributed by atoms with Crippen LogP contribution < -0.4 is 10.2 Å². The number of rotatable bonds is 3. The van der Waals surface area contributed by atoms with Crippen molar-refractivity contribution in [2.75, 3.05) is 18.0 Å². The minimum Gasteiger partial charge on any atom is -0.312 e. The molecule has 4 nitrogen and oxygen atoms in total. The molecule has 0 unspecified atom stereocenters. The van der Waals surface area contributed by atoms with Crippen LogP contribution in [0.15, 0.2) is 53.5 Å². The van der Waals surface area contributed by atoms with E-state index in [2.05, 4.69) is 46.4 Å². The molecule has 1 aliphatic heterocycles. The molecule has 24 heavy (non-hydrogen) atoms. The maximum Gasteiger partial charge on any atom is 0.257 e. The van der Waals surface area contributed by atoms with E-state index in [1.54, 1.807) is 0 Å². The maximum atomic E-state index is 12.5. The number of amides is 1. The summed E-state index contributed by atoms with van der Waals surface area (Å²) in [5.41, 5.74) is 4.15. The number of hydrogen-bond acceptors (Lipinski definition) is 3. The average Bonchev–Trinajstić information content (AvgIpc) is 2.63. The lowest BCUT2D eigenvalue weighted by Gasteiger charge is -2.29. The number of aliphatic imine (C=N–C) groups is 1. The average molecular weight is 321 g/mol. The van der Waals surface area contributed by atoms with Gasteiger partial charge in [0.1, 0.15) is 0 Å². The van der Waals surface area contributed by atoms with Gasteiger partial charge in [0.05, 0.1) is 0 Å². The first kappa shape index (κ1) is 16.2. The van der Waals surface area contributed by atoms with Crippen molar-refractivity contribution >= 4 is 17.6 Å². The molecule has 2 aromatic carbocycles. The van der Waals surface area contributed by atoms with E-state index in [1.807, 2.05) is 31.2 Å². The summed E-state index contributed by atoms with van der Waals surface area (Å²) in [6, 6.07) is 16.0. The van der Waals surface area contributed by atoms with Gasteiger partial charge < -0.3 is 4.90 Å². The number of anilines is 1. The Morgan fingerprint density at radius 1 is 1.12 bits per heavy atom. The van der Waals surface area contributed by atoms with Gasteiger partial charge in [-0.05, 0) is 49.6 Å². The third kappa shape index (κ3) is 3.65. The summed E-state index contributed by atoms with van der Waals surface area (Å²) in [4.78, 5) is 19.1. The fourth-order valence-electron chi connectivity index (χ4n) is 2.75. The van der Waals surface area contributed by atoms with Crippen LogP contribution in [-0.4, -0.2) is 25.0 Å². The summed E-state index contributed by atoms with van der Waals surface area (Å²) in [6.45, 7) is 5.75. The summed E-state index contributed by atoms with van der Waals surface area (Å²) >= 11 is 0. The smallest absolute Gasteiger partial charge is 0.257 e. The van der Waals surface area contributed by atoms with Gasteiger partial charge in [-0.2, -0.15) is 0 Å². The monoisotopic (exact) mass is 321 g/mol. The second-order valence-corrected chi connectivity index (χ2v) is 6.05. The lowest BCUT2D eigenvalue weighted by molar-refractivity contribution is 0.0976. The van der Waals surface area contributed by atoms with E-state index >= 15 is 0 Å². The predicted molar refractivity (Wildman–Crippen MR) is 98.7 cm³/mol. The summed E-state index contributed by atoms with van der Waals surface area (Å²) in [6.07, 6.45) is 2.00. The first-order valence-corrected chi connectivity index (χ1v) is 8.46. The third-order valence-corrected chi connectivity index (χ3v) is 4.25. The van der Waals surface area contributed by atoms with Gasteiger partial charge in [-0.1, -0.05) is 36.8 Å². The van der Waals surface area contributed by atoms with E-state index < -0.39 is 0 Å². The molecule has 0 fully saturated rings. The van der Waals surface area contributed by atoms with Gasteiger partial charge in [0.15, 0.2) is 0 Å². The number of nitrogens with zero attached hydrogens (tertiary/aromatic N) is 2. The Bertz CT molecular complexity index is 732. The molecule has 0 bridgehead atoms. The molecule has 2 aromatic rings. The molecule has 0 aliphatic carbocycles. The number of carbonyl (C=O) groups excluding carboxylic acids is 1. The molecule has 0 aromatic heterocycles. The van der Waals surface area contributed by atoms with Gasteiger partial charge in [-0.15, -0.1) is 0 Å². The molecule has 4 heteroatoms. The van der Waals surface area contributed by atoms with E-state index in [0.29, 0.717) is 11.5 Å². The van der Waals surface area contributed by atoms with E-state index in [9.17, 15) is 4.79 Å². The lowest BCUT2D eigenvalue weighted by atomic mass is 10.1. The van der Waals surface area contributed by atoms with E-state index in [0.717, 1.165) is 37.2 Å². The molecule has 1 heterocycles. The zero-order chi connectivity index (χ0) is 16.9. The predicted octanol–water partition coefficient (Wildman–Crippen LogP) is 3.55. The Morgan fingerprint density at radius 3 is 2.50 bits per heavy atom. The molecule has 0 radical (unpaired) electrons. The van der Waals surface area contributed by atoms with Gasteiger partial charge >= 0.3 is 0 Å². The molecule has 0 saturated carbocycles. The van der Waals surface area contributed by atoms with Crippen molar-refractivity contribution < 1.29 is 4.79 Å². The summed E-state index contributed by atoms with van der Waals surface area (Å²) in [7, 11) is 0. The minimum atomic E-state index is -0.120. The highest BCUT2D eigenvalue weighted by atomic mass is 16.1. The summed E-state index contributed by atoms with van der Waals surface area (Å²) < 4.78 is 0. The fraction of sp³-hybridized carbons (Fsp3) is 0.300. The SMILES string of the molecule is CCc1ccc(N2CCCN=C2NC(=O)c2ccc(C)cc2)cc1. The Kier molecular flexibility index (Phi) is 4.94. The zero-order valence-corrected chi connectivity index (χ0v) is 14.2. The van der Waals surface area contributed by atoms with Gasteiger partial charge in [-0.3, -0.25) is 15.1 Å². The van der Waals surface area contributed by atoms with Crippen molar-refractivity contribution in [3.05, 3.63) is 65.2 Å². The molecule has 0 saturated heterocycles. The maximum absolute atomic E-state index is 12.5. The molecule has 1 aliphatic rings. The standard InChI is InChI=1S/C20H23N3O/c1-3-16-7-11-18(12-8-16)23-14-4-13-21-20(23)22-19(24)17-9-5-15(2)6-10-17/h5-12H,3-4,13-14H2,1-2H3,(H,21,22,24). The molecule has 0 spiro atoms. The third-order valence-electron chi connectivity index (χ3n) is 4.25. The first-order valence-electron chi connectivity index (χ1n) is 8.46. The number of aryl methyl sites for hydroxylation is 2. The molecular formula is C20H23N3O. The Morgan fingerprint density at radius 2 is 1.83 bits per heavy atom. The normalized spacial score (nSPS) is 14.2. The second kappa shape index (κ2) is 7.30.